The molecule has 3 heterocycles. The van der Waals surface area contributed by atoms with Crippen molar-refractivity contribution >= 4 is 54.6 Å². The van der Waals surface area contributed by atoms with E-state index in [0.29, 0.717) is 36.3 Å². The number of aryl methyl sites for hydroxylation is 1. The summed E-state index contributed by atoms with van der Waals surface area (Å²) >= 11 is 12.7. The molecule has 0 radical (unpaired) electrons. The van der Waals surface area contributed by atoms with E-state index >= 15 is 0 Å². The fraction of sp³-hybridized carbons (Fsp3) is 0.364. The second kappa shape index (κ2) is 14.2. The Morgan fingerprint density at radius 3 is 2.34 bits per heavy atom. The molecule has 2 aliphatic heterocycles. The Balaban J connectivity index is 1.19. The van der Waals surface area contributed by atoms with Gasteiger partial charge in [0, 0.05) is 86.3 Å². The van der Waals surface area contributed by atoms with Crippen LogP contribution in [0.25, 0.3) is 11.3 Å². The first-order valence-electron chi connectivity index (χ1n) is 15.6. The molecule has 6 rings (SSSR count). The molecule has 0 aliphatic carbocycles. The highest BCUT2D eigenvalue weighted by Gasteiger charge is 2.30. The number of piperazine rings is 1. The van der Waals surface area contributed by atoms with Gasteiger partial charge >= 0.3 is 0 Å². The van der Waals surface area contributed by atoms with Crippen molar-refractivity contribution in [1.29, 1.82) is 0 Å². The highest BCUT2D eigenvalue weighted by atomic mass is 35.5. The van der Waals surface area contributed by atoms with E-state index in [1.165, 1.54) is 10.6 Å². The van der Waals surface area contributed by atoms with Crippen molar-refractivity contribution in [2.24, 2.45) is 0 Å². The van der Waals surface area contributed by atoms with Gasteiger partial charge in [0.25, 0.3) is 0 Å². The van der Waals surface area contributed by atoms with E-state index in [1.807, 2.05) is 28.9 Å². The second-order valence-corrected chi connectivity index (χ2v) is 16.6. The van der Waals surface area contributed by atoms with Gasteiger partial charge in [-0.15, -0.1) is 0 Å². The number of nitrogens with one attached hydrogen (secondary N) is 1. The molecule has 1 saturated heterocycles. The van der Waals surface area contributed by atoms with Crippen LogP contribution >= 0.6 is 23.2 Å². The summed E-state index contributed by atoms with van der Waals surface area (Å²) in [6.07, 6.45) is 2.64. The molecule has 0 saturated carbocycles. The average molecular weight is 718 g/mol. The Kier molecular flexibility index (Phi) is 10.2. The van der Waals surface area contributed by atoms with E-state index in [9.17, 15) is 16.8 Å². The van der Waals surface area contributed by atoms with Crippen LogP contribution < -0.4 is 9.62 Å². The van der Waals surface area contributed by atoms with Crippen molar-refractivity contribution < 1.29 is 16.8 Å². The van der Waals surface area contributed by atoms with Gasteiger partial charge in [0.05, 0.1) is 28.4 Å². The van der Waals surface area contributed by atoms with Crippen LogP contribution in [-0.4, -0.2) is 81.3 Å². The van der Waals surface area contributed by atoms with Gasteiger partial charge in [-0.05, 0) is 42.3 Å². The maximum atomic E-state index is 13.0. The minimum Gasteiger partial charge on any atom is -0.369 e. The van der Waals surface area contributed by atoms with Gasteiger partial charge in [-0.3, -0.25) is 14.3 Å². The summed E-state index contributed by atoms with van der Waals surface area (Å²) in [4.78, 5) is 4.81. The monoisotopic (exact) mass is 716 g/mol. The molecule has 47 heavy (non-hydrogen) atoms. The standard InChI is InChI=1S/C33H38Cl2N6O4S2/c1-46(42,43)40-16-13-32-29(23-40)33(26-11-12-30(35)31(21-26)37-47(44,45)24-25-7-3-2-4-8-25)36-41(32)15-6-14-38-17-19-39(20-18-38)28-10-5-9-27(34)22-28/h2-5,7-12,21-22,37H,6,13-20,23-24H2,1H3. The minimum atomic E-state index is -3.75. The van der Waals surface area contributed by atoms with Crippen LogP contribution in [0.5, 0.6) is 0 Å². The van der Waals surface area contributed by atoms with E-state index < -0.39 is 20.0 Å². The van der Waals surface area contributed by atoms with Crippen molar-refractivity contribution in [1.82, 2.24) is 19.0 Å². The first kappa shape index (κ1) is 33.8. The normalized spacial score (nSPS) is 16.3. The third kappa shape index (κ3) is 8.30. The zero-order valence-corrected chi connectivity index (χ0v) is 29.3. The van der Waals surface area contributed by atoms with Gasteiger partial charge < -0.3 is 4.90 Å². The summed E-state index contributed by atoms with van der Waals surface area (Å²) in [6, 6.07) is 22.0. The van der Waals surface area contributed by atoms with Crippen molar-refractivity contribution in [2.75, 3.05) is 55.1 Å². The summed E-state index contributed by atoms with van der Waals surface area (Å²) in [7, 11) is -7.17. The van der Waals surface area contributed by atoms with Gasteiger partial charge in [0.15, 0.2) is 0 Å². The lowest BCUT2D eigenvalue weighted by atomic mass is 10.0. The zero-order chi connectivity index (χ0) is 33.2. The van der Waals surface area contributed by atoms with Crippen LogP contribution in [0.2, 0.25) is 10.0 Å². The lowest BCUT2D eigenvalue weighted by Crippen LogP contribution is -2.46. The molecule has 3 aromatic carbocycles. The van der Waals surface area contributed by atoms with Gasteiger partial charge in [-0.1, -0.05) is 65.7 Å². The van der Waals surface area contributed by atoms with Gasteiger partial charge in [0.2, 0.25) is 20.0 Å². The van der Waals surface area contributed by atoms with Crippen molar-refractivity contribution in [3.8, 4) is 11.3 Å². The van der Waals surface area contributed by atoms with Crippen LogP contribution in [0.15, 0.2) is 72.8 Å². The number of hydrogen-bond acceptors (Lipinski definition) is 7. The van der Waals surface area contributed by atoms with Crippen LogP contribution in [0.3, 0.4) is 0 Å². The molecule has 0 unspecified atom stereocenters. The molecule has 1 N–H and O–H groups in total. The summed E-state index contributed by atoms with van der Waals surface area (Å²) < 4.78 is 57.2. The lowest BCUT2D eigenvalue weighted by Gasteiger charge is -2.36. The van der Waals surface area contributed by atoms with Crippen molar-refractivity contribution in [2.45, 2.75) is 31.7 Å². The van der Waals surface area contributed by atoms with Crippen LogP contribution in [0, 0.1) is 0 Å². The van der Waals surface area contributed by atoms with Crippen molar-refractivity contribution in [3.05, 3.63) is 99.7 Å². The maximum Gasteiger partial charge on any atom is 0.236 e. The highest BCUT2D eigenvalue weighted by Crippen LogP contribution is 2.35. The number of halogens is 2. The topological polar surface area (TPSA) is 108 Å². The van der Waals surface area contributed by atoms with E-state index in [0.717, 1.165) is 61.1 Å². The first-order chi connectivity index (χ1) is 22.4. The molecule has 0 bridgehead atoms. The summed E-state index contributed by atoms with van der Waals surface area (Å²) in [5.41, 5.74) is 5.17. The molecule has 1 aromatic heterocycles. The third-order valence-electron chi connectivity index (χ3n) is 8.66. The number of fused-ring (bicyclic) bond motifs is 1. The Hall–Kier alpha value is -3.13. The molecule has 4 aromatic rings. The maximum absolute atomic E-state index is 13.0. The minimum absolute atomic E-state index is 0.197. The van der Waals surface area contributed by atoms with Gasteiger partial charge in [0.1, 0.15) is 0 Å². The van der Waals surface area contributed by atoms with E-state index in [2.05, 4.69) is 20.6 Å². The molecule has 250 valence electrons. The molecule has 0 amide bonds. The molecule has 2 aliphatic rings. The summed E-state index contributed by atoms with van der Waals surface area (Å²) in [6.45, 7) is 5.93. The average Bonchev–Trinajstić information content (AvgIpc) is 3.40. The van der Waals surface area contributed by atoms with E-state index in [-0.39, 0.29) is 23.0 Å². The number of anilines is 2. The van der Waals surface area contributed by atoms with Gasteiger partial charge in [-0.25, -0.2) is 16.8 Å². The molecule has 0 atom stereocenters. The van der Waals surface area contributed by atoms with Gasteiger partial charge in [-0.2, -0.15) is 9.40 Å². The molecule has 1 fully saturated rings. The number of aromatic nitrogens is 2. The van der Waals surface area contributed by atoms with Crippen LogP contribution in [0.4, 0.5) is 11.4 Å². The van der Waals surface area contributed by atoms with E-state index in [4.69, 9.17) is 28.3 Å². The Morgan fingerprint density at radius 2 is 1.62 bits per heavy atom. The molecule has 0 spiro atoms. The third-order valence-corrected chi connectivity index (χ3v) is 11.7. The first-order valence-corrected chi connectivity index (χ1v) is 19.8. The van der Waals surface area contributed by atoms with Crippen LogP contribution in [-0.2, 0) is 45.3 Å². The molecule has 14 heteroatoms. The number of sulfonamides is 2. The molecular weight excluding hydrogens is 679 g/mol. The predicted octanol–water partition coefficient (Wildman–Crippen LogP) is 5.33. The number of nitrogens with zero attached hydrogens (tertiary/aromatic N) is 5. The smallest absolute Gasteiger partial charge is 0.236 e. The Bertz CT molecular complexity index is 1950. The summed E-state index contributed by atoms with van der Waals surface area (Å²) in [5.74, 6) is -0.197. The highest BCUT2D eigenvalue weighted by molar-refractivity contribution is 7.92. The Labute approximate surface area is 287 Å². The second-order valence-electron chi connectivity index (χ2n) is 12.0. The molecule has 10 nitrogen and oxygen atoms in total. The largest absolute Gasteiger partial charge is 0.369 e. The fourth-order valence-electron chi connectivity index (χ4n) is 6.26. The van der Waals surface area contributed by atoms with Crippen LogP contribution in [0.1, 0.15) is 23.2 Å². The molecular formula is C33H38Cl2N6O4S2. The number of hydrogen-bond donors (Lipinski definition) is 1. The fourth-order valence-corrected chi connectivity index (χ4v) is 8.66. The number of benzene rings is 3. The lowest BCUT2D eigenvalue weighted by molar-refractivity contribution is 0.248. The zero-order valence-electron chi connectivity index (χ0n) is 26.1. The number of rotatable bonds is 11. The Morgan fingerprint density at radius 1 is 0.851 bits per heavy atom. The van der Waals surface area contributed by atoms with Crippen molar-refractivity contribution in [3.63, 3.8) is 0 Å². The SMILES string of the molecule is CS(=O)(=O)N1CCc2c(c(-c3ccc(Cl)c(NS(=O)(=O)Cc4ccccc4)c3)nn2CCCN2CCN(c3cccc(Cl)c3)CC2)C1. The quantitative estimate of drug-likeness (QED) is 0.224. The summed E-state index contributed by atoms with van der Waals surface area (Å²) in [5, 5.41) is 5.99. The predicted molar refractivity (Wildman–Crippen MR) is 189 cm³/mol. The van der Waals surface area contributed by atoms with E-state index in [1.54, 1.807) is 42.5 Å².